The van der Waals surface area contributed by atoms with Crippen LogP contribution in [0.3, 0.4) is 0 Å². The van der Waals surface area contributed by atoms with E-state index in [0.29, 0.717) is 18.0 Å². The summed E-state index contributed by atoms with van der Waals surface area (Å²) < 4.78 is 1.70. The Morgan fingerprint density at radius 3 is 2.46 bits per heavy atom. The van der Waals surface area contributed by atoms with Gasteiger partial charge in [-0.3, -0.25) is 9.36 Å². The van der Waals surface area contributed by atoms with Gasteiger partial charge < -0.3 is 5.11 Å². The molecule has 0 unspecified atom stereocenters. The molecule has 1 N–H and O–H groups in total. The summed E-state index contributed by atoms with van der Waals surface area (Å²) in [5, 5.41) is 9.33. The van der Waals surface area contributed by atoms with E-state index >= 15 is 0 Å². The van der Waals surface area contributed by atoms with Crippen LogP contribution in [0, 0.1) is 0 Å². The molecule has 1 heterocycles. The fraction of sp³-hybridized carbons (Fsp3) is 0.158. The molecule has 0 amide bonds. The molecule has 2 aromatic carbocycles. The Hall–Kier alpha value is -2.53. The Kier molecular flexibility index (Phi) is 5.01. The summed E-state index contributed by atoms with van der Waals surface area (Å²) >= 11 is 1.54. The van der Waals surface area contributed by atoms with E-state index in [0.717, 1.165) is 16.3 Å². The van der Waals surface area contributed by atoms with Crippen LogP contribution in [0.15, 0.2) is 70.4 Å². The van der Waals surface area contributed by atoms with Crippen LogP contribution in [-0.4, -0.2) is 14.7 Å². The van der Waals surface area contributed by atoms with Crippen LogP contribution < -0.4 is 5.56 Å². The predicted octanol–water partition coefficient (Wildman–Crippen LogP) is 3.93. The van der Waals surface area contributed by atoms with Gasteiger partial charge in [0.1, 0.15) is 11.6 Å². The number of benzene rings is 2. The minimum absolute atomic E-state index is 0.0491. The highest BCUT2D eigenvalue weighted by Gasteiger charge is 2.09. The fourth-order valence-corrected chi connectivity index (χ4v) is 3.28. The molecule has 3 rings (SSSR count). The van der Waals surface area contributed by atoms with Crippen molar-refractivity contribution in [2.45, 2.75) is 24.1 Å². The predicted molar refractivity (Wildman–Crippen MR) is 97.3 cm³/mol. The molecule has 0 spiro atoms. The second-order valence-corrected chi connectivity index (χ2v) is 6.33. The molecule has 0 aliphatic heterocycles. The molecule has 0 bridgehead atoms. The highest BCUT2D eigenvalue weighted by atomic mass is 32.2. The zero-order valence-electron chi connectivity index (χ0n) is 13.3. The molecule has 0 saturated carbocycles. The number of rotatable bonds is 5. The first-order chi connectivity index (χ1) is 11.7. The largest absolute Gasteiger partial charge is 0.508 e. The van der Waals surface area contributed by atoms with Gasteiger partial charge in [0.05, 0.1) is 11.6 Å². The summed E-state index contributed by atoms with van der Waals surface area (Å²) in [6.45, 7) is 2.00. The minimum atomic E-state index is -0.0491. The third-order valence-electron chi connectivity index (χ3n) is 3.67. The third-order valence-corrected chi connectivity index (χ3v) is 4.66. The Labute approximate surface area is 144 Å². The highest BCUT2D eigenvalue weighted by molar-refractivity contribution is 7.98. The van der Waals surface area contributed by atoms with E-state index in [1.165, 1.54) is 11.8 Å². The zero-order chi connectivity index (χ0) is 16.9. The molecule has 24 heavy (non-hydrogen) atoms. The second kappa shape index (κ2) is 7.36. The molecular weight excluding hydrogens is 320 g/mol. The Balaban J connectivity index is 1.88. The minimum Gasteiger partial charge on any atom is -0.508 e. The van der Waals surface area contributed by atoms with E-state index in [2.05, 4.69) is 4.98 Å². The number of nitrogens with zero attached hydrogens (tertiary/aromatic N) is 2. The van der Waals surface area contributed by atoms with E-state index < -0.39 is 0 Å². The Bertz CT molecular complexity index is 874. The standard InChI is InChI=1S/C19H18N2O2S/c1-2-18-20-17(14-6-4-3-5-7-14)12-19(23)21(18)13-24-16-10-8-15(22)9-11-16/h3-12,22H,2,13H2,1H3. The maximum Gasteiger partial charge on any atom is 0.254 e. The second-order valence-electron chi connectivity index (χ2n) is 5.31. The quantitative estimate of drug-likeness (QED) is 0.716. The van der Waals surface area contributed by atoms with Crippen molar-refractivity contribution in [1.82, 2.24) is 9.55 Å². The molecule has 0 saturated heterocycles. The van der Waals surface area contributed by atoms with Crippen molar-refractivity contribution in [2.24, 2.45) is 0 Å². The molecule has 1 aromatic heterocycles. The van der Waals surface area contributed by atoms with Gasteiger partial charge in [-0.15, -0.1) is 11.8 Å². The van der Waals surface area contributed by atoms with Crippen molar-refractivity contribution < 1.29 is 5.11 Å². The van der Waals surface area contributed by atoms with Crippen molar-refractivity contribution in [1.29, 1.82) is 0 Å². The van der Waals surface area contributed by atoms with Gasteiger partial charge in [0.25, 0.3) is 5.56 Å². The zero-order valence-corrected chi connectivity index (χ0v) is 14.2. The summed E-state index contributed by atoms with van der Waals surface area (Å²) in [5.41, 5.74) is 1.61. The number of aromatic nitrogens is 2. The monoisotopic (exact) mass is 338 g/mol. The maximum absolute atomic E-state index is 12.5. The van der Waals surface area contributed by atoms with Crippen molar-refractivity contribution >= 4 is 11.8 Å². The lowest BCUT2D eigenvalue weighted by atomic mass is 10.1. The summed E-state index contributed by atoms with van der Waals surface area (Å²) in [7, 11) is 0. The SMILES string of the molecule is CCc1nc(-c2ccccc2)cc(=O)n1CSc1ccc(O)cc1. The molecule has 0 radical (unpaired) electrons. The Morgan fingerprint density at radius 1 is 1.08 bits per heavy atom. The number of hydrogen-bond acceptors (Lipinski definition) is 4. The smallest absolute Gasteiger partial charge is 0.254 e. The van der Waals surface area contributed by atoms with Crippen LogP contribution in [0.2, 0.25) is 0 Å². The lowest BCUT2D eigenvalue weighted by Crippen LogP contribution is -2.23. The lowest BCUT2D eigenvalue weighted by Gasteiger charge is -2.12. The summed E-state index contributed by atoms with van der Waals surface area (Å²) in [5.74, 6) is 1.50. The number of aromatic hydroxyl groups is 1. The van der Waals surface area contributed by atoms with E-state index in [9.17, 15) is 9.90 Å². The first kappa shape index (κ1) is 16.3. The fourth-order valence-electron chi connectivity index (χ4n) is 2.40. The van der Waals surface area contributed by atoms with Crippen LogP contribution in [0.25, 0.3) is 11.3 Å². The molecule has 4 nitrogen and oxygen atoms in total. The van der Waals surface area contributed by atoms with Gasteiger partial charge in [-0.2, -0.15) is 0 Å². The van der Waals surface area contributed by atoms with Crippen molar-refractivity contribution in [3.63, 3.8) is 0 Å². The number of phenolic OH excluding ortho intramolecular Hbond substituents is 1. The molecular formula is C19H18N2O2S. The van der Waals surface area contributed by atoms with Gasteiger partial charge in [0, 0.05) is 22.9 Å². The lowest BCUT2D eigenvalue weighted by molar-refractivity contribution is 0.475. The molecule has 0 aliphatic carbocycles. The van der Waals surface area contributed by atoms with Crippen LogP contribution in [0.4, 0.5) is 0 Å². The molecule has 5 heteroatoms. The van der Waals surface area contributed by atoms with Gasteiger partial charge in [0.15, 0.2) is 0 Å². The van der Waals surface area contributed by atoms with Gasteiger partial charge in [-0.25, -0.2) is 4.98 Å². The average Bonchev–Trinajstić information content (AvgIpc) is 2.62. The third kappa shape index (κ3) is 3.68. The van der Waals surface area contributed by atoms with E-state index in [1.807, 2.05) is 49.4 Å². The molecule has 0 aliphatic rings. The van der Waals surface area contributed by atoms with Crippen molar-refractivity contribution in [3.8, 4) is 17.0 Å². The highest BCUT2D eigenvalue weighted by Crippen LogP contribution is 2.23. The van der Waals surface area contributed by atoms with Gasteiger partial charge in [-0.05, 0) is 24.3 Å². The first-order valence-electron chi connectivity index (χ1n) is 7.75. The van der Waals surface area contributed by atoms with Crippen molar-refractivity contribution in [2.75, 3.05) is 0 Å². The average molecular weight is 338 g/mol. The number of thioether (sulfide) groups is 1. The topological polar surface area (TPSA) is 55.1 Å². The van der Waals surface area contributed by atoms with Crippen molar-refractivity contribution in [3.05, 3.63) is 76.8 Å². The van der Waals surface area contributed by atoms with E-state index in [1.54, 1.807) is 22.8 Å². The van der Waals surface area contributed by atoms with E-state index in [4.69, 9.17) is 0 Å². The number of aryl methyl sites for hydroxylation is 1. The van der Waals surface area contributed by atoms with Crippen LogP contribution in [0.1, 0.15) is 12.7 Å². The van der Waals surface area contributed by atoms with Crippen LogP contribution >= 0.6 is 11.8 Å². The van der Waals surface area contributed by atoms with Crippen LogP contribution in [-0.2, 0) is 12.3 Å². The first-order valence-corrected chi connectivity index (χ1v) is 8.74. The molecule has 3 aromatic rings. The van der Waals surface area contributed by atoms with E-state index in [-0.39, 0.29) is 11.3 Å². The summed E-state index contributed by atoms with van der Waals surface area (Å²) in [6.07, 6.45) is 0.687. The normalized spacial score (nSPS) is 10.7. The summed E-state index contributed by atoms with van der Waals surface area (Å²) in [4.78, 5) is 18.2. The molecule has 122 valence electrons. The van der Waals surface area contributed by atoms with Gasteiger partial charge in [0.2, 0.25) is 0 Å². The Morgan fingerprint density at radius 2 is 1.79 bits per heavy atom. The number of phenols is 1. The van der Waals surface area contributed by atoms with Gasteiger partial charge >= 0.3 is 0 Å². The maximum atomic E-state index is 12.5. The molecule has 0 atom stereocenters. The number of hydrogen-bond donors (Lipinski definition) is 1. The molecule has 0 fully saturated rings. The summed E-state index contributed by atoms with van der Waals surface area (Å²) in [6, 6.07) is 18.3. The van der Waals surface area contributed by atoms with Crippen LogP contribution in [0.5, 0.6) is 5.75 Å². The van der Waals surface area contributed by atoms with Gasteiger partial charge in [-0.1, -0.05) is 37.3 Å².